The van der Waals surface area contributed by atoms with Crippen molar-refractivity contribution >= 4 is 23.4 Å². The number of nitrogen functional groups attached to an aromatic ring is 1. The second-order valence-electron chi connectivity index (χ2n) is 7.30. The quantitative estimate of drug-likeness (QED) is 0.596. The van der Waals surface area contributed by atoms with E-state index in [0.717, 1.165) is 25.7 Å². The minimum atomic E-state index is -0.604. The molecule has 0 spiro atoms. The van der Waals surface area contributed by atoms with E-state index in [9.17, 15) is 9.18 Å². The van der Waals surface area contributed by atoms with Crippen LogP contribution in [0.15, 0.2) is 48.8 Å². The van der Waals surface area contributed by atoms with Gasteiger partial charge in [0.1, 0.15) is 11.6 Å². The number of pyridine rings is 3. The third kappa shape index (κ3) is 4.55. The lowest BCUT2D eigenvalue weighted by Crippen LogP contribution is -2.43. The van der Waals surface area contributed by atoms with Gasteiger partial charge in [0.2, 0.25) is 5.95 Å². The molecule has 3 heterocycles. The van der Waals surface area contributed by atoms with Gasteiger partial charge in [-0.3, -0.25) is 10.2 Å². The van der Waals surface area contributed by atoms with Crippen molar-refractivity contribution in [1.29, 1.82) is 0 Å². The fraction of sp³-hybridized carbons (Fsp3) is 0.273. The van der Waals surface area contributed by atoms with Gasteiger partial charge in [-0.1, -0.05) is 12.8 Å². The number of carbonyl (C=O) groups is 1. The molecule has 31 heavy (non-hydrogen) atoms. The smallest absolute Gasteiger partial charge is 0.328 e. The first kappa shape index (κ1) is 20.5. The number of amides is 2. The number of anilines is 3. The highest BCUT2D eigenvalue weighted by Gasteiger charge is 2.31. The van der Waals surface area contributed by atoms with E-state index in [0.29, 0.717) is 34.3 Å². The summed E-state index contributed by atoms with van der Waals surface area (Å²) in [7, 11) is 1.55. The van der Waals surface area contributed by atoms with Gasteiger partial charge in [-0.15, -0.1) is 0 Å². The van der Waals surface area contributed by atoms with Crippen molar-refractivity contribution in [3.63, 3.8) is 0 Å². The number of hydrogen-bond acceptors (Lipinski definition) is 6. The van der Waals surface area contributed by atoms with E-state index >= 15 is 0 Å². The highest BCUT2D eigenvalue weighted by atomic mass is 19.1. The molecule has 1 aliphatic rings. The van der Waals surface area contributed by atoms with Crippen molar-refractivity contribution in [2.75, 3.05) is 23.1 Å². The molecule has 0 unspecified atom stereocenters. The highest BCUT2D eigenvalue weighted by molar-refractivity contribution is 6.03. The Morgan fingerprint density at radius 2 is 1.94 bits per heavy atom. The van der Waals surface area contributed by atoms with Crippen LogP contribution >= 0.6 is 0 Å². The molecular formula is C22H23FN6O2. The Labute approximate surface area is 179 Å². The highest BCUT2D eigenvalue weighted by Crippen LogP contribution is 2.33. The van der Waals surface area contributed by atoms with Crippen LogP contribution in [0.4, 0.5) is 26.5 Å². The molecule has 1 fully saturated rings. The van der Waals surface area contributed by atoms with Crippen molar-refractivity contribution < 1.29 is 13.9 Å². The zero-order valence-electron chi connectivity index (χ0n) is 17.1. The first-order valence-electron chi connectivity index (χ1n) is 10.0. The lowest BCUT2D eigenvalue weighted by molar-refractivity contribution is 0.254. The predicted molar refractivity (Wildman–Crippen MR) is 116 cm³/mol. The van der Waals surface area contributed by atoms with Crippen LogP contribution in [0.1, 0.15) is 25.7 Å². The van der Waals surface area contributed by atoms with Gasteiger partial charge in [0.05, 0.1) is 18.5 Å². The molecule has 3 aromatic heterocycles. The maximum Gasteiger partial charge on any atom is 0.328 e. The van der Waals surface area contributed by atoms with Gasteiger partial charge in [0.25, 0.3) is 0 Å². The molecule has 0 bridgehead atoms. The molecule has 3 aromatic rings. The van der Waals surface area contributed by atoms with Crippen molar-refractivity contribution in [2.24, 2.45) is 0 Å². The Kier molecular flexibility index (Phi) is 5.92. The Morgan fingerprint density at radius 1 is 1.16 bits per heavy atom. The van der Waals surface area contributed by atoms with Crippen LogP contribution in [0, 0.1) is 5.95 Å². The van der Waals surface area contributed by atoms with Gasteiger partial charge in [-0.2, -0.15) is 4.39 Å². The summed E-state index contributed by atoms with van der Waals surface area (Å²) in [6.07, 6.45) is 6.64. The van der Waals surface area contributed by atoms with Crippen molar-refractivity contribution in [3.05, 3.63) is 54.7 Å². The standard InChI is InChI=1S/C22H23FN6O2/c1-31-16-9-11-26-20(13-16)28-22(30)29(15-4-2-3-5-15)21-17(24)6-7-18(27-21)14-8-10-25-19(23)12-14/h6-13,15H,2-5,24H2,1H3,(H,26,28,30). The number of rotatable bonds is 5. The van der Waals surface area contributed by atoms with Crippen LogP contribution in [0.25, 0.3) is 11.3 Å². The minimum absolute atomic E-state index is 0.0511. The second kappa shape index (κ2) is 8.95. The number of nitrogens with zero attached hydrogens (tertiary/aromatic N) is 4. The molecule has 0 aliphatic heterocycles. The average Bonchev–Trinajstić information content (AvgIpc) is 3.29. The molecule has 1 aliphatic carbocycles. The number of ether oxygens (including phenoxy) is 1. The lowest BCUT2D eigenvalue weighted by atomic mass is 10.1. The monoisotopic (exact) mass is 422 g/mol. The summed E-state index contributed by atoms with van der Waals surface area (Å²) in [5, 5.41) is 2.82. The largest absolute Gasteiger partial charge is 0.497 e. The summed E-state index contributed by atoms with van der Waals surface area (Å²) in [6, 6.07) is 9.22. The van der Waals surface area contributed by atoms with Crippen LogP contribution in [0.2, 0.25) is 0 Å². The number of nitrogens with one attached hydrogen (secondary N) is 1. The fourth-order valence-corrected chi connectivity index (χ4v) is 3.75. The average molecular weight is 422 g/mol. The minimum Gasteiger partial charge on any atom is -0.497 e. The lowest BCUT2D eigenvalue weighted by Gasteiger charge is -2.29. The van der Waals surface area contributed by atoms with E-state index in [-0.39, 0.29) is 12.1 Å². The summed E-state index contributed by atoms with van der Waals surface area (Å²) in [5.74, 6) is 0.671. The van der Waals surface area contributed by atoms with Gasteiger partial charge in [0.15, 0.2) is 5.82 Å². The van der Waals surface area contributed by atoms with Gasteiger partial charge in [-0.25, -0.2) is 19.7 Å². The molecule has 4 rings (SSSR count). The number of aromatic nitrogens is 3. The van der Waals surface area contributed by atoms with Crippen LogP contribution in [0.5, 0.6) is 5.75 Å². The summed E-state index contributed by atoms with van der Waals surface area (Å²) in [6.45, 7) is 0. The van der Waals surface area contributed by atoms with E-state index < -0.39 is 5.95 Å². The molecule has 0 radical (unpaired) electrons. The molecule has 1 saturated carbocycles. The molecule has 0 saturated heterocycles. The number of hydrogen-bond donors (Lipinski definition) is 2. The Morgan fingerprint density at radius 3 is 2.68 bits per heavy atom. The normalized spacial score (nSPS) is 13.7. The molecular weight excluding hydrogens is 399 g/mol. The Balaban J connectivity index is 1.70. The number of nitrogens with two attached hydrogens (primary N) is 1. The Hall–Kier alpha value is -3.75. The van der Waals surface area contributed by atoms with E-state index in [1.54, 1.807) is 48.5 Å². The van der Waals surface area contributed by atoms with Crippen molar-refractivity contribution in [2.45, 2.75) is 31.7 Å². The molecule has 0 atom stereocenters. The number of urea groups is 1. The van der Waals surface area contributed by atoms with E-state index in [4.69, 9.17) is 10.5 Å². The molecule has 160 valence electrons. The molecule has 3 N–H and O–H groups in total. The van der Waals surface area contributed by atoms with E-state index in [1.165, 1.54) is 12.3 Å². The maximum atomic E-state index is 13.6. The van der Waals surface area contributed by atoms with E-state index in [1.807, 2.05) is 0 Å². The first-order valence-corrected chi connectivity index (χ1v) is 10.0. The fourth-order valence-electron chi connectivity index (χ4n) is 3.75. The van der Waals surface area contributed by atoms with Gasteiger partial charge in [-0.05, 0) is 37.1 Å². The van der Waals surface area contributed by atoms with Crippen LogP contribution in [-0.2, 0) is 0 Å². The summed E-state index contributed by atoms with van der Waals surface area (Å²) < 4.78 is 18.8. The summed E-state index contributed by atoms with van der Waals surface area (Å²) in [4.78, 5) is 27.3. The van der Waals surface area contributed by atoms with Crippen LogP contribution < -0.4 is 20.7 Å². The van der Waals surface area contributed by atoms with Crippen LogP contribution in [-0.4, -0.2) is 34.1 Å². The second-order valence-corrected chi connectivity index (χ2v) is 7.30. The first-order chi connectivity index (χ1) is 15.0. The molecule has 8 nitrogen and oxygen atoms in total. The SMILES string of the molecule is COc1ccnc(NC(=O)N(c2nc(-c3ccnc(F)c3)ccc2N)C2CCCC2)c1. The molecule has 0 aromatic carbocycles. The zero-order chi connectivity index (χ0) is 21.8. The topological polar surface area (TPSA) is 106 Å². The van der Waals surface area contributed by atoms with Crippen molar-refractivity contribution in [3.8, 4) is 17.0 Å². The third-order valence-corrected chi connectivity index (χ3v) is 5.27. The predicted octanol–water partition coefficient (Wildman–Crippen LogP) is 4.25. The molecule has 9 heteroatoms. The number of carbonyl (C=O) groups excluding carboxylic acids is 1. The summed E-state index contributed by atoms with van der Waals surface area (Å²) >= 11 is 0. The van der Waals surface area contributed by atoms with Gasteiger partial charge >= 0.3 is 6.03 Å². The third-order valence-electron chi connectivity index (χ3n) is 5.27. The summed E-state index contributed by atoms with van der Waals surface area (Å²) in [5.41, 5.74) is 7.65. The Bertz CT molecular complexity index is 1090. The van der Waals surface area contributed by atoms with Crippen molar-refractivity contribution in [1.82, 2.24) is 15.0 Å². The number of halogens is 1. The number of methoxy groups -OCH3 is 1. The molecule has 2 amide bonds. The van der Waals surface area contributed by atoms with Gasteiger partial charge < -0.3 is 10.5 Å². The van der Waals surface area contributed by atoms with Crippen LogP contribution in [0.3, 0.4) is 0 Å². The zero-order valence-corrected chi connectivity index (χ0v) is 17.1. The maximum absolute atomic E-state index is 13.6. The van der Waals surface area contributed by atoms with E-state index in [2.05, 4.69) is 20.3 Å². The van der Waals surface area contributed by atoms with Gasteiger partial charge in [0, 0.05) is 36.1 Å².